The van der Waals surface area contributed by atoms with E-state index in [0.717, 1.165) is 6.07 Å². The molecule has 3 aromatic rings. The second-order valence-corrected chi connectivity index (χ2v) is 7.29. The maximum absolute atomic E-state index is 13.6. The van der Waals surface area contributed by atoms with Gasteiger partial charge in [-0.25, -0.2) is 18.7 Å². The lowest BCUT2D eigenvalue weighted by Gasteiger charge is -2.31. The van der Waals surface area contributed by atoms with Crippen LogP contribution in [0.2, 0.25) is 0 Å². The largest absolute Gasteiger partial charge is 0.322 e. The van der Waals surface area contributed by atoms with Crippen molar-refractivity contribution in [1.29, 1.82) is 0 Å². The Morgan fingerprint density at radius 2 is 1.72 bits per heavy atom. The van der Waals surface area contributed by atoms with Crippen LogP contribution in [0.15, 0.2) is 47.3 Å². The number of hydrogen-bond acceptors (Lipinski definition) is 3. The Morgan fingerprint density at radius 1 is 1.07 bits per heavy atom. The number of H-pyrrole nitrogens is 1. The molecule has 0 saturated carbocycles. The van der Waals surface area contributed by atoms with Crippen molar-refractivity contribution < 1.29 is 13.6 Å². The van der Waals surface area contributed by atoms with E-state index < -0.39 is 23.2 Å². The smallest absolute Gasteiger partial charge is 0.316 e. The number of aromatic nitrogens is 2. The molecule has 0 saturated heterocycles. The third-order valence-electron chi connectivity index (χ3n) is 4.56. The van der Waals surface area contributed by atoms with E-state index in [1.165, 1.54) is 36.4 Å². The summed E-state index contributed by atoms with van der Waals surface area (Å²) in [6.07, 6.45) is 0. The summed E-state index contributed by atoms with van der Waals surface area (Å²) in [6, 6.07) is 8.47. The van der Waals surface area contributed by atoms with Crippen LogP contribution in [0.3, 0.4) is 0 Å². The second kappa shape index (κ2) is 8.38. The molecule has 152 valence electrons. The highest BCUT2D eigenvalue weighted by molar-refractivity contribution is 5.90. The monoisotopic (exact) mass is 400 g/mol. The lowest BCUT2D eigenvalue weighted by atomic mass is 10.0. The van der Waals surface area contributed by atoms with Gasteiger partial charge in [-0.05, 0) is 55.3 Å². The van der Waals surface area contributed by atoms with E-state index in [1.54, 1.807) is 11.8 Å². The van der Waals surface area contributed by atoms with Gasteiger partial charge in [0.05, 0.1) is 17.1 Å². The average molecular weight is 400 g/mol. The molecule has 1 atom stereocenters. The minimum Gasteiger partial charge on any atom is -0.316 e. The Hall–Kier alpha value is -3.29. The van der Waals surface area contributed by atoms with E-state index in [9.17, 15) is 18.4 Å². The van der Waals surface area contributed by atoms with Crippen molar-refractivity contribution in [2.75, 3.05) is 11.9 Å². The molecular weight excluding hydrogens is 378 g/mol. The van der Waals surface area contributed by atoms with Crippen LogP contribution in [0, 0.1) is 17.6 Å². The van der Waals surface area contributed by atoms with E-state index in [1.807, 2.05) is 13.8 Å². The van der Waals surface area contributed by atoms with Gasteiger partial charge in [-0.15, -0.1) is 0 Å². The Bertz CT molecular complexity index is 1080. The summed E-state index contributed by atoms with van der Waals surface area (Å²) in [5, 5.41) is 9.92. The first-order valence-electron chi connectivity index (χ1n) is 9.27. The maximum atomic E-state index is 13.6. The van der Waals surface area contributed by atoms with Gasteiger partial charge in [0.1, 0.15) is 11.6 Å². The van der Waals surface area contributed by atoms with E-state index in [2.05, 4.69) is 15.5 Å². The Balaban J connectivity index is 1.97. The van der Waals surface area contributed by atoms with Crippen molar-refractivity contribution >= 4 is 22.5 Å². The normalized spacial score (nSPS) is 12.2. The fraction of sp³-hybridized carbons (Fsp3) is 0.286. The number of amides is 2. The summed E-state index contributed by atoms with van der Waals surface area (Å²) in [4.78, 5) is 26.6. The van der Waals surface area contributed by atoms with Gasteiger partial charge in [-0.2, -0.15) is 5.10 Å². The molecule has 29 heavy (non-hydrogen) atoms. The fourth-order valence-electron chi connectivity index (χ4n) is 3.16. The number of nitrogens with one attached hydrogen (secondary N) is 2. The molecule has 2 amide bonds. The maximum Gasteiger partial charge on any atom is 0.322 e. The van der Waals surface area contributed by atoms with Crippen molar-refractivity contribution in [3.8, 4) is 0 Å². The van der Waals surface area contributed by atoms with Crippen LogP contribution in [0.1, 0.15) is 32.5 Å². The molecule has 2 aromatic carbocycles. The van der Waals surface area contributed by atoms with Gasteiger partial charge in [0.25, 0.3) is 5.56 Å². The Morgan fingerprint density at radius 3 is 2.38 bits per heavy atom. The number of nitrogens with zero attached hydrogens (tertiary/aromatic N) is 2. The van der Waals surface area contributed by atoms with Crippen LogP contribution in [0.4, 0.5) is 19.3 Å². The van der Waals surface area contributed by atoms with E-state index in [0.29, 0.717) is 23.3 Å². The molecule has 0 aliphatic carbocycles. The molecule has 0 bridgehead atoms. The van der Waals surface area contributed by atoms with Crippen molar-refractivity contribution in [3.63, 3.8) is 0 Å². The minimum atomic E-state index is -0.527. The highest BCUT2D eigenvalue weighted by Gasteiger charge is 2.26. The average Bonchev–Trinajstić information content (AvgIpc) is 2.68. The summed E-state index contributed by atoms with van der Waals surface area (Å²) >= 11 is 0. The topological polar surface area (TPSA) is 78.1 Å². The molecule has 6 nitrogen and oxygen atoms in total. The Labute approximate surface area is 166 Å². The molecule has 0 aliphatic rings. The summed E-state index contributed by atoms with van der Waals surface area (Å²) in [5.41, 5.74) is 0.412. The highest BCUT2D eigenvalue weighted by atomic mass is 19.1. The number of halogens is 2. The van der Waals surface area contributed by atoms with Gasteiger partial charge in [0.2, 0.25) is 0 Å². The lowest BCUT2D eigenvalue weighted by Crippen LogP contribution is -2.40. The zero-order valence-electron chi connectivity index (χ0n) is 16.4. The summed E-state index contributed by atoms with van der Waals surface area (Å²) in [7, 11) is 0. The quantitative estimate of drug-likeness (QED) is 0.664. The van der Waals surface area contributed by atoms with Gasteiger partial charge in [-0.3, -0.25) is 4.79 Å². The van der Waals surface area contributed by atoms with E-state index in [4.69, 9.17) is 0 Å². The zero-order chi connectivity index (χ0) is 21.1. The molecule has 0 spiro atoms. The SMILES string of the molecule is CC(C)CN(C(=O)Nc1ccc(F)cc1)[C@@H](C)c1n[nH]c(=O)c2cc(F)ccc12. The highest BCUT2D eigenvalue weighted by Crippen LogP contribution is 2.26. The summed E-state index contributed by atoms with van der Waals surface area (Å²) in [6.45, 7) is 6.14. The summed E-state index contributed by atoms with van der Waals surface area (Å²) in [5.74, 6) is -0.768. The molecule has 3 rings (SSSR count). The van der Waals surface area contributed by atoms with Gasteiger partial charge in [-0.1, -0.05) is 13.8 Å². The van der Waals surface area contributed by atoms with E-state index in [-0.39, 0.29) is 17.3 Å². The van der Waals surface area contributed by atoms with Crippen molar-refractivity contribution in [3.05, 3.63) is 70.1 Å². The van der Waals surface area contributed by atoms with Gasteiger partial charge >= 0.3 is 6.03 Å². The first kappa shape index (κ1) is 20.4. The summed E-state index contributed by atoms with van der Waals surface area (Å²) < 4.78 is 26.7. The van der Waals surface area contributed by atoms with Crippen LogP contribution in [-0.2, 0) is 0 Å². The van der Waals surface area contributed by atoms with Gasteiger partial charge in [0.15, 0.2) is 0 Å². The number of carbonyl (C=O) groups excluding carboxylic acids is 1. The van der Waals surface area contributed by atoms with E-state index >= 15 is 0 Å². The number of aromatic amines is 1. The van der Waals surface area contributed by atoms with Crippen LogP contribution in [0.5, 0.6) is 0 Å². The number of anilines is 1. The third-order valence-corrected chi connectivity index (χ3v) is 4.56. The standard InChI is InChI=1S/C21H22F2N4O2/c1-12(2)11-27(21(29)24-16-7-4-14(22)5-8-16)13(3)19-17-9-6-15(23)10-18(17)20(28)26-25-19/h4-10,12-13H,11H2,1-3H3,(H,24,29)(H,26,28)/t13-/m0/s1. The molecule has 8 heteroatoms. The zero-order valence-corrected chi connectivity index (χ0v) is 16.4. The number of carbonyl (C=O) groups is 1. The number of hydrogen-bond donors (Lipinski definition) is 2. The van der Waals surface area contributed by atoms with Crippen LogP contribution in [-0.4, -0.2) is 27.7 Å². The van der Waals surface area contributed by atoms with Gasteiger partial charge < -0.3 is 10.2 Å². The molecule has 0 radical (unpaired) electrons. The van der Waals surface area contributed by atoms with Crippen LogP contribution < -0.4 is 10.9 Å². The number of rotatable bonds is 5. The third kappa shape index (κ3) is 4.59. The molecule has 2 N–H and O–H groups in total. The second-order valence-electron chi connectivity index (χ2n) is 7.29. The molecule has 0 fully saturated rings. The first-order chi connectivity index (χ1) is 13.8. The molecule has 1 aromatic heterocycles. The number of fused-ring (bicyclic) bond motifs is 1. The minimum absolute atomic E-state index is 0.155. The Kier molecular flexibility index (Phi) is 5.91. The molecule has 1 heterocycles. The fourth-order valence-corrected chi connectivity index (χ4v) is 3.16. The molecule has 0 aliphatic heterocycles. The predicted molar refractivity (Wildman–Crippen MR) is 108 cm³/mol. The molecule has 0 unspecified atom stereocenters. The predicted octanol–water partition coefficient (Wildman–Crippen LogP) is 4.45. The van der Waals surface area contributed by atoms with Crippen LogP contribution in [0.25, 0.3) is 10.8 Å². The van der Waals surface area contributed by atoms with Crippen LogP contribution >= 0.6 is 0 Å². The van der Waals surface area contributed by atoms with Crippen molar-refractivity contribution in [2.45, 2.75) is 26.8 Å². The van der Waals surface area contributed by atoms with Crippen molar-refractivity contribution in [2.24, 2.45) is 5.92 Å². The van der Waals surface area contributed by atoms with Crippen molar-refractivity contribution in [1.82, 2.24) is 15.1 Å². The number of urea groups is 1. The van der Waals surface area contributed by atoms with Gasteiger partial charge in [0, 0.05) is 17.6 Å². The first-order valence-corrected chi connectivity index (χ1v) is 9.27. The molecular formula is C21H22F2N4O2. The lowest BCUT2D eigenvalue weighted by molar-refractivity contribution is 0.182. The number of benzene rings is 2.